The number of benzene rings is 3. The minimum atomic E-state index is -1.14. The van der Waals surface area contributed by atoms with Gasteiger partial charge in [-0.1, -0.05) is 45.0 Å². The first-order valence-electron chi connectivity index (χ1n) is 12.3. The molecule has 200 valence electrons. The molecule has 0 aliphatic heterocycles. The zero-order chi connectivity index (χ0) is 28.5. The van der Waals surface area contributed by atoms with E-state index in [1.54, 1.807) is 13.2 Å². The van der Waals surface area contributed by atoms with Gasteiger partial charge in [0.15, 0.2) is 5.82 Å². The Morgan fingerprint density at radius 1 is 1.03 bits per heavy atom. The number of nitrogens with zero attached hydrogens (tertiary/aromatic N) is 2. The number of nitrogens with two attached hydrogens (primary N) is 1. The second kappa shape index (κ2) is 10.4. The SMILES string of the molecule is Cc1c(NC(=O)c2ccc(C(C)(C)C)cc2)cccc1-c1cn(C)c(=O)c(Nc2ccc(C(=O)O)c(N)c2)n1. The first-order chi connectivity index (χ1) is 18.3. The molecule has 0 bridgehead atoms. The van der Waals surface area contributed by atoms with Crippen LogP contribution in [0.25, 0.3) is 11.3 Å². The molecule has 9 nitrogen and oxygen atoms in total. The van der Waals surface area contributed by atoms with E-state index < -0.39 is 5.97 Å². The van der Waals surface area contributed by atoms with Gasteiger partial charge < -0.3 is 26.0 Å². The number of carboxylic acids is 1. The van der Waals surface area contributed by atoms with Gasteiger partial charge in [0.2, 0.25) is 0 Å². The normalized spacial score (nSPS) is 11.2. The van der Waals surface area contributed by atoms with Gasteiger partial charge in [-0.25, -0.2) is 9.78 Å². The molecule has 0 saturated carbocycles. The molecule has 3 aromatic carbocycles. The lowest BCUT2D eigenvalue weighted by molar-refractivity contribution is 0.0698. The van der Waals surface area contributed by atoms with Gasteiger partial charge >= 0.3 is 5.97 Å². The largest absolute Gasteiger partial charge is 0.478 e. The predicted octanol–water partition coefficient (Wildman–Crippen LogP) is 5.33. The number of hydrogen-bond acceptors (Lipinski definition) is 6. The molecular formula is C30H31N5O4. The van der Waals surface area contributed by atoms with E-state index in [0.29, 0.717) is 22.6 Å². The molecule has 0 spiro atoms. The van der Waals surface area contributed by atoms with Crippen molar-refractivity contribution in [1.82, 2.24) is 9.55 Å². The summed E-state index contributed by atoms with van der Waals surface area (Å²) in [7, 11) is 1.61. The molecule has 4 aromatic rings. The second-order valence-corrected chi connectivity index (χ2v) is 10.4. The van der Waals surface area contributed by atoms with Crippen molar-refractivity contribution in [3.05, 3.63) is 99.5 Å². The van der Waals surface area contributed by atoms with Crippen molar-refractivity contribution in [3.63, 3.8) is 0 Å². The Kier molecular flexibility index (Phi) is 7.27. The van der Waals surface area contributed by atoms with Crippen LogP contribution in [0.5, 0.6) is 0 Å². The topological polar surface area (TPSA) is 139 Å². The van der Waals surface area contributed by atoms with E-state index in [1.807, 2.05) is 49.4 Å². The number of rotatable bonds is 6. The highest BCUT2D eigenvalue weighted by Crippen LogP contribution is 2.29. The summed E-state index contributed by atoms with van der Waals surface area (Å²) in [6, 6.07) is 17.4. The maximum atomic E-state index is 13.0. The average molecular weight is 526 g/mol. The standard InChI is InChI=1S/C30H31N5O4/c1-17-21(7-6-8-24(17)34-27(36)18-9-11-19(12-10-18)30(2,3)4)25-16-35(5)28(37)26(33-25)32-20-13-14-22(29(38)39)23(31)15-20/h6-16H,31H2,1-5H3,(H,32,33)(H,34,36)(H,38,39). The Morgan fingerprint density at radius 2 is 1.72 bits per heavy atom. The van der Waals surface area contributed by atoms with Crippen molar-refractivity contribution in [2.24, 2.45) is 7.05 Å². The number of aryl methyl sites for hydroxylation is 1. The highest BCUT2D eigenvalue weighted by molar-refractivity contribution is 6.05. The predicted molar refractivity (Wildman–Crippen MR) is 154 cm³/mol. The van der Waals surface area contributed by atoms with Crippen LogP contribution >= 0.6 is 0 Å². The summed E-state index contributed by atoms with van der Waals surface area (Å²) in [6.07, 6.45) is 1.62. The molecular weight excluding hydrogens is 494 g/mol. The van der Waals surface area contributed by atoms with Gasteiger partial charge in [0.25, 0.3) is 11.5 Å². The Labute approximate surface area is 226 Å². The lowest BCUT2D eigenvalue weighted by Gasteiger charge is -2.19. The van der Waals surface area contributed by atoms with E-state index >= 15 is 0 Å². The molecule has 0 aliphatic carbocycles. The molecule has 4 rings (SSSR count). The molecule has 5 N–H and O–H groups in total. The van der Waals surface area contributed by atoms with Crippen LogP contribution in [0, 0.1) is 6.92 Å². The number of carbonyl (C=O) groups is 2. The number of hydrogen-bond donors (Lipinski definition) is 4. The monoisotopic (exact) mass is 525 g/mol. The molecule has 0 radical (unpaired) electrons. The molecule has 0 fully saturated rings. The molecule has 0 unspecified atom stereocenters. The lowest BCUT2D eigenvalue weighted by Crippen LogP contribution is -2.21. The van der Waals surface area contributed by atoms with Crippen LogP contribution in [-0.2, 0) is 12.5 Å². The molecule has 39 heavy (non-hydrogen) atoms. The number of carbonyl (C=O) groups excluding carboxylic acids is 1. The van der Waals surface area contributed by atoms with Crippen LogP contribution in [-0.4, -0.2) is 26.5 Å². The second-order valence-electron chi connectivity index (χ2n) is 10.4. The van der Waals surface area contributed by atoms with Gasteiger partial charge in [0.1, 0.15) is 0 Å². The molecule has 0 saturated heterocycles. The number of nitrogens with one attached hydrogen (secondary N) is 2. The number of anilines is 4. The fourth-order valence-electron chi connectivity index (χ4n) is 4.15. The highest BCUT2D eigenvalue weighted by Gasteiger charge is 2.17. The van der Waals surface area contributed by atoms with E-state index in [2.05, 4.69) is 36.4 Å². The van der Waals surface area contributed by atoms with E-state index in [-0.39, 0.29) is 34.0 Å². The molecule has 9 heteroatoms. The number of aromatic carboxylic acids is 1. The first kappa shape index (κ1) is 27.1. The van der Waals surface area contributed by atoms with Crippen molar-refractivity contribution in [3.8, 4) is 11.3 Å². The third kappa shape index (κ3) is 5.82. The van der Waals surface area contributed by atoms with E-state index in [1.165, 1.54) is 22.8 Å². The zero-order valence-corrected chi connectivity index (χ0v) is 22.5. The van der Waals surface area contributed by atoms with Crippen LogP contribution in [0.3, 0.4) is 0 Å². The van der Waals surface area contributed by atoms with Gasteiger partial charge in [-0.2, -0.15) is 0 Å². The van der Waals surface area contributed by atoms with Crippen molar-refractivity contribution < 1.29 is 14.7 Å². The first-order valence-corrected chi connectivity index (χ1v) is 12.3. The van der Waals surface area contributed by atoms with Crippen LogP contribution in [0.2, 0.25) is 0 Å². The fourth-order valence-corrected chi connectivity index (χ4v) is 4.15. The minimum absolute atomic E-state index is 0.00898. The summed E-state index contributed by atoms with van der Waals surface area (Å²) >= 11 is 0. The van der Waals surface area contributed by atoms with Crippen molar-refractivity contribution in [2.75, 3.05) is 16.4 Å². The van der Waals surface area contributed by atoms with Gasteiger partial charge in [-0.3, -0.25) is 9.59 Å². The molecule has 1 aromatic heterocycles. The Morgan fingerprint density at radius 3 is 2.33 bits per heavy atom. The number of nitrogen functional groups attached to an aromatic ring is 1. The summed E-state index contributed by atoms with van der Waals surface area (Å²) in [4.78, 5) is 41.6. The summed E-state index contributed by atoms with van der Waals surface area (Å²) < 4.78 is 1.40. The number of carboxylic acid groups (broad SMARTS) is 1. The smallest absolute Gasteiger partial charge is 0.337 e. The van der Waals surface area contributed by atoms with Gasteiger partial charge in [0.05, 0.1) is 11.3 Å². The summed E-state index contributed by atoms with van der Waals surface area (Å²) in [5.41, 5.74) is 10.3. The maximum absolute atomic E-state index is 13.0. The average Bonchev–Trinajstić information content (AvgIpc) is 2.87. The van der Waals surface area contributed by atoms with Gasteiger partial charge in [-0.15, -0.1) is 0 Å². The number of amides is 1. The van der Waals surface area contributed by atoms with Crippen molar-refractivity contribution in [2.45, 2.75) is 33.1 Å². The fraction of sp³-hybridized carbons (Fsp3) is 0.200. The maximum Gasteiger partial charge on any atom is 0.337 e. The molecule has 0 aliphatic rings. The van der Waals surface area contributed by atoms with Crippen LogP contribution in [0.15, 0.2) is 71.7 Å². The Balaban J connectivity index is 1.63. The third-order valence-electron chi connectivity index (χ3n) is 6.49. The van der Waals surface area contributed by atoms with E-state index in [9.17, 15) is 19.5 Å². The Hall–Kier alpha value is -4.92. The summed E-state index contributed by atoms with van der Waals surface area (Å²) in [6.45, 7) is 8.24. The summed E-state index contributed by atoms with van der Waals surface area (Å²) in [5.74, 6) is -1.32. The van der Waals surface area contributed by atoms with Crippen molar-refractivity contribution >= 4 is 34.8 Å². The van der Waals surface area contributed by atoms with Crippen LogP contribution < -0.4 is 21.9 Å². The molecule has 1 amide bonds. The quantitative estimate of drug-likeness (QED) is 0.250. The van der Waals surface area contributed by atoms with E-state index in [0.717, 1.165) is 16.7 Å². The van der Waals surface area contributed by atoms with Gasteiger partial charge in [-0.05, 0) is 59.9 Å². The summed E-state index contributed by atoms with van der Waals surface area (Å²) in [5, 5.41) is 15.1. The Bertz CT molecular complexity index is 1630. The zero-order valence-electron chi connectivity index (χ0n) is 22.5. The van der Waals surface area contributed by atoms with Crippen LogP contribution in [0.1, 0.15) is 52.6 Å². The highest BCUT2D eigenvalue weighted by atomic mass is 16.4. The van der Waals surface area contributed by atoms with Gasteiger partial charge in [0, 0.05) is 41.4 Å². The number of aromatic nitrogens is 2. The van der Waals surface area contributed by atoms with Crippen LogP contribution in [0.4, 0.5) is 22.9 Å². The molecule has 0 atom stereocenters. The van der Waals surface area contributed by atoms with Crippen molar-refractivity contribution in [1.29, 1.82) is 0 Å². The minimum Gasteiger partial charge on any atom is -0.478 e. The van der Waals surface area contributed by atoms with E-state index in [4.69, 9.17) is 5.73 Å². The lowest BCUT2D eigenvalue weighted by atomic mass is 9.86. The molecule has 1 heterocycles. The third-order valence-corrected chi connectivity index (χ3v) is 6.49.